The molecule has 4 aromatic rings. The number of benzene rings is 2. The van der Waals surface area contributed by atoms with Gasteiger partial charge in [-0.15, -0.1) is 0 Å². The maximum absolute atomic E-state index is 13.6. The summed E-state index contributed by atoms with van der Waals surface area (Å²) in [6, 6.07) is 16.1. The Labute approximate surface area is 240 Å². The number of anilines is 1. The van der Waals surface area contributed by atoms with Crippen LogP contribution < -0.4 is 9.64 Å². The van der Waals surface area contributed by atoms with Gasteiger partial charge in [-0.3, -0.25) is 14.4 Å². The van der Waals surface area contributed by atoms with Crippen LogP contribution in [0.15, 0.2) is 67.0 Å². The number of carbonyl (C=O) groups excluding carboxylic acids is 1. The monoisotopic (exact) mass is 555 g/mol. The van der Waals surface area contributed by atoms with Gasteiger partial charge in [0.15, 0.2) is 0 Å². The maximum Gasteiger partial charge on any atom is 0.227 e. The number of pyridine rings is 1. The number of amides is 1. The van der Waals surface area contributed by atoms with Crippen molar-refractivity contribution in [3.8, 4) is 5.75 Å². The SMILES string of the molecule is COc1ccc(/C=C/CN2CCC3(CC2)CN(C(=O)CCc2ccnc(Cl)c2)c2ccc4c(cnn4C)c23)cc1. The molecule has 6 rings (SSSR count). The number of piperidine rings is 1. The molecule has 1 fully saturated rings. The highest BCUT2D eigenvalue weighted by atomic mass is 35.5. The minimum absolute atomic E-state index is 0.0658. The molecule has 0 N–H and O–H groups in total. The lowest BCUT2D eigenvalue weighted by Crippen LogP contribution is -2.46. The van der Waals surface area contributed by atoms with Crippen LogP contribution in [-0.4, -0.2) is 58.9 Å². The van der Waals surface area contributed by atoms with Crippen molar-refractivity contribution in [2.45, 2.75) is 31.1 Å². The third kappa shape index (κ3) is 5.11. The summed E-state index contributed by atoms with van der Waals surface area (Å²) >= 11 is 6.07. The predicted molar refractivity (Wildman–Crippen MR) is 160 cm³/mol. The number of methoxy groups -OCH3 is 1. The predicted octanol–water partition coefficient (Wildman–Crippen LogP) is 5.66. The van der Waals surface area contributed by atoms with Crippen molar-refractivity contribution in [1.29, 1.82) is 0 Å². The number of carbonyl (C=O) groups is 1. The van der Waals surface area contributed by atoms with Crippen LogP contribution in [0.3, 0.4) is 0 Å². The lowest BCUT2D eigenvalue weighted by Gasteiger charge is -2.39. The van der Waals surface area contributed by atoms with E-state index in [4.69, 9.17) is 16.3 Å². The normalized spacial score (nSPS) is 16.7. The Kier molecular flexibility index (Phi) is 7.34. The minimum Gasteiger partial charge on any atom is -0.497 e. The Balaban J connectivity index is 1.19. The van der Waals surface area contributed by atoms with Gasteiger partial charge < -0.3 is 9.64 Å². The van der Waals surface area contributed by atoms with E-state index in [1.54, 1.807) is 13.3 Å². The average Bonchev–Trinajstić information content (AvgIpc) is 3.51. The van der Waals surface area contributed by atoms with E-state index in [2.05, 4.69) is 51.4 Å². The van der Waals surface area contributed by atoms with Crippen molar-refractivity contribution in [3.63, 3.8) is 0 Å². The van der Waals surface area contributed by atoms with Crippen molar-refractivity contribution >= 4 is 40.2 Å². The van der Waals surface area contributed by atoms with Crippen LogP contribution in [0.2, 0.25) is 5.15 Å². The molecule has 0 saturated carbocycles. The van der Waals surface area contributed by atoms with Crippen LogP contribution in [0, 0.1) is 0 Å². The molecule has 40 heavy (non-hydrogen) atoms. The summed E-state index contributed by atoms with van der Waals surface area (Å²) in [7, 11) is 3.67. The molecule has 1 spiro atoms. The lowest BCUT2D eigenvalue weighted by molar-refractivity contribution is -0.118. The van der Waals surface area contributed by atoms with Crippen LogP contribution >= 0.6 is 11.6 Å². The molecule has 2 aliphatic rings. The van der Waals surface area contributed by atoms with Gasteiger partial charge in [-0.25, -0.2) is 4.98 Å². The highest BCUT2D eigenvalue weighted by molar-refractivity contribution is 6.29. The summed E-state index contributed by atoms with van der Waals surface area (Å²) in [4.78, 5) is 22.2. The smallest absolute Gasteiger partial charge is 0.227 e. The fraction of sp³-hybridized carbons (Fsp3) is 0.344. The topological polar surface area (TPSA) is 63.5 Å². The van der Waals surface area contributed by atoms with Gasteiger partial charge in [0.05, 0.1) is 18.8 Å². The quantitative estimate of drug-likeness (QED) is 0.275. The van der Waals surface area contributed by atoms with E-state index in [0.717, 1.165) is 61.5 Å². The standard InChI is InChI=1S/C32H34ClN5O2/c1-36-27-10-11-28-31(26(27)21-35-36)32(22-38(28)30(39)12-7-24-13-16-34-29(33)20-24)14-18-37(19-15-32)17-3-4-23-5-8-25(40-2)9-6-23/h3-6,8-11,13,16,20-21H,7,12,14-15,17-19,22H2,1-2H3/b4-3+. The summed E-state index contributed by atoms with van der Waals surface area (Å²) in [6.45, 7) is 3.60. The van der Waals surface area contributed by atoms with Crippen LogP contribution in [0.1, 0.15) is 36.0 Å². The summed E-state index contributed by atoms with van der Waals surface area (Å²) in [5.41, 5.74) is 5.59. The largest absolute Gasteiger partial charge is 0.497 e. The number of hydrogen-bond acceptors (Lipinski definition) is 5. The van der Waals surface area contributed by atoms with Crippen LogP contribution in [0.5, 0.6) is 5.75 Å². The number of aryl methyl sites for hydroxylation is 2. The zero-order valence-corrected chi connectivity index (χ0v) is 23.8. The molecule has 4 heterocycles. The number of hydrogen-bond donors (Lipinski definition) is 0. The number of nitrogens with zero attached hydrogens (tertiary/aromatic N) is 5. The average molecular weight is 556 g/mol. The first-order valence-corrected chi connectivity index (χ1v) is 14.2. The first-order chi connectivity index (χ1) is 19.5. The van der Waals surface area contributed by atoms with Gasteiger partial charge in [0.2, 0.25) is 5.91 Å². The Hall–Kier alpha value is -3.68. The second kappa shape index (κ2) is 11.1. The maximum atomic E-state index is 13.6. The van der Waals surface area contributed by atoms with E-state index in [0.29, 0.717) is 18.0 Å². The first kappa shape index (κ1) is 26.5. The van der Waals surface area contributed by atoms with Crippen LogP contribution in [0.25, 0.3) is 17.0 Å². The van der Waals surface area contributed by atoms with Crippen LogP contribution in [-0.2, 0) is 23.7 Å². The first-order valence-electron chi connectivity index (χ1n) is 13.8. The fourth-order valence-electron chi connectivity index (χ4n) is 6.30. The Morgan fingerprint density at radius 1 is 1.12 bits per heavy atom. The highest BCUT2D eigenvalue weighted by Gasteiger charge is 2.47. The molecule has 1 saturated heterocycles. The zero-order valence-electron chi connectivity index (χ0n) is 23.0. The van der Waals surface area contributed by atoms with E-state index >= 15 is 0 Å². The van der Waals surface area contributed by atoms with Crippen molar-refractivity contribution in [2.75, 3.05) is 38.2 Å². The van der Waals surface area contributed by atoms with Gasteiger partial charge in [0.1, 0.15) is 10.9 Å². The molecule has 0 aliphatic carbocycles. The third-order valence-electron chi connectivity index (χ3n) is 8.51. The number of likely N-dealkylation sites (tertiary alicyclic amines) is 1. The van der Waals surface area contributed by atoms with E-state index in [1.165, 1.54) is 16.5 Å². The molecule has 0 atom stereocenters. The Morgan fingerprint density at radius 3 is 2.67 bits per heavy atom. The number of rotatable bonds is 7. The summed E-state index contributed by atoms with van der Waals surface area (Å²) < 4.78 is 7.19. The second-order valence-electron chi connectivity index (χ2n) is 10.9. The van der Waals surface area contributed by atoms with Crippen molar-refractivity contribution in [3.05, 3.63) is 88.8 Å². The molecular formula is C32H34ClN5O2. The van der Waals surface area contributed by atoms with Crippen molar-refractivity contribution in [1.82, 2.24) is 19.7 Å². The highest BCUT2D eigenvalue weighted by Crippen LogP contribution is 2.50. The van der Waals surface area contributed by atoms with Gasteiger partial charge in [-0.05, 0) is 85.4 Å². The third-order valence-corrected chi connectivity index (χ3v) is 8.72. The molecular weight excluding hydrogens is 522 g/mol. The van der Waals surface area contributed by atoms with E-state index in [1.807, 2.05) is 47.1 Å². The number of aromatic nitrogens is 3. The molecule has 206 valence electrons. The summed E-state index contributed by atoms with van der Waals surface area (Å²) in [6.07, 6.45) is 11.2. The molecule has 7 nitrogen and oxygen atoms in total. The van der Waals surface area contributed by atoms with E-state index in [9.17, 15) is 4.79 Å². The number of fused-ring (bicyclic) bond motifs is 4. The van der Waals surface area contributed by atoms with Gasteiger partial charge in [-0.1, -0.05) is 35.9 Å². The molecule has 8 heteroatoms. The van der Waals surface area contributed by atoms with Crippen molar-refractivity contribution < 1.29 is 9.53 Å². The molecule has 0 radical (unpaired) electrons. The molecule has 1 amide bonds. The van der Waals surface area contributed by atoms with Crippen LogP contribution in [0.4, 0.5) is 5.69 Å². The summed E-state index contributed by atoms with van der Waals surface area (Å²) in [5.74, 6) is 1.02. The number of ether oxygens (including phenoxy) is 1. The lowest BCUT2D eigenvalue weighted by atomic mass is 9.73. The summed E-state index contributed by atoms with van der Waals surface area (Å²) in [5, 5.41) is 6.20. The molecule has 2 aliphatic heterocycles. The second-order valence-corrected chi connectivity index (χ2v) is 11.3. The molecule has 2 aromatic carbocycles. The van der Waals surface area contributed by atoms with E-state index in [-0.39, 0.29) is 11.3 Å². The molecule has 0 bridgehead atoms. The van der Waals surface area contributed by atoms with Gasteiger partial charge in [0.25, 0.3) is 0 Å². The Bertz CT molecular complexity index is 1550. The number of halogens is 1. The Morgan fingerprint density at radius 2 is 1.93 bits per heavy atom. The van der Waals surface area contributed by atoms with Gasteiger partial charge in [0, 0.05) is 49.2 Å². The fourth-order valence-corrected chi connectivity index (χ4v) is 6.49. The van der Waals surface area contributed by atoms with Gasteiger partial charge >= 0.3 is 0 Å². The molecule has 2 aromatic heterocycles. The van der Waals surface area contributed by atoms with E-state index < -0.39 is 0 Å². The van der Waals surface area contributed by atoms with Crippen molar-refractivity contribution in [2.24, 2.45) is 7.05 Å². The minimum atomic E-state index is -0.0658. The molecule has 0 unspecified atom stereocenters. The zero-order chi connectivity index (χ0) is 27.7. The van der Waals surface area contributed by atoms with Gasteiger partial charge in [-0.2, -0.15) is 5.10 Å².